The first-order valence-corrected chi connectivity index (χ1v) is 15.8. The topological polar surface area (TPSA) is 148 Å². The van der Waals surface area contributed by atoms with E-state index in [9.17, 15) is 19.6 Å². The van der Waals surface area contributed by atoms with Crippen molar-refractivity contribution < 1.29 is 38.5 Å². The molecule has 0 aromatic heterocycles. The number of benzene rings is 3. The van der Waals surface area contributed by atoms with Crippen LogP contribution in [0.2, 0.25) is 0 Å². The van der Waals surface area contributed by atoms with Crippen LogP contribution in [-0.2, 0) is 20.7 Å². The highest BCUT2D eigenvalue weighted by atomic mass is 16.6. The summed E-state index contributed by atoms with van der Waals surface area (Å²) in [6.07, 6.45) is -0.0600. The Morgan fingerprint density at radius 2 is 1.32 bits per heavy atom. The van der Waals surface area contributed by atoms with E-state index >= 15 is 0 Å². The van der Waals surface area contributed by atoms with Gasteiger partial charge in [-0.25, -0.2) is 0 Å². The van der Waals surface area contributed by atoms with E-state index in [1.807, 2.05) is 82.3 Å². The van der Waals surface area contributed by atoms with E-state index in [1.54, 1.807) is 12.1 Å². The molecule has 12 heteroatoms. The lowest BCUT2D eigenvalue weighted by molar-refractivity contribution is -0.131. The molecule has 47 heavy (non-hydrogen) atoms. The molecule has 254 valence electrons. The molecule has 3 aromatic rings. The van der Waals surface area contributed by atoms with Crippen LogP contribution in [0, 0.1) is 11.8 Å². The second kappa shape index (κ2) is 18.2. The average Bonchev–Trinajstić information content (AvgIpc) is 3.03. The lowest BCUT2D eigenvalue weighted by atomic mass is 9.99. The highest BCUT2D eigenvalue weighted by molar-refractivity contribution is 6.32. The van der Waals surface area contributed by atoms with Crippen LogP contribution in [-0.4, -0.2) is 68.8 Å². The maximum Gasteiger partial charge on any atom is 0.635 e. The standard InChI is InChI=1S/C35H48BN3O8/c1-22(2)16-28(35(41)39-32(17-23(3)4)47-36(42)43)38-34(40)29(18-24-19-30(44-5)33(46-7)31(20-24)45-6)37-27-15-11-14-26(21-27)25-12-9-8-10-13-25/h8-15,19-23,28-29,32,37,42-43H,16-18H2,1-7H3,(H,38,40)(H,39,41)/t28-,29-,32+/m0/s1. The van der Waals surface area contributed by atoms with Gasteiger partial charge in [0.15, 0.2) is 11.5 Å². The second-order valence-corrected chi connectivity index (χ2v) is 12.2. The number of carbonyl (C=O) groups excluding carboxylic acids is 2. The number of rotatable bonds is 18. The zero-order valence-electron chi connectivity index (χ0n) is 28.3. The Hall–Kier alpha value is -4.26. The van der Waals surface area contributed by atoms with E-state index in [0.29, 0.717) is 35.8 Å². The van der Waals surface area contributed by atoms with E-state index < -0.39 is 37.4 Å². The van der Waals surface area contributed by atoms with Gasteiger partial charge in [-0.2, -0.15) is 0 Å². The molecule has 0 aliphatic carbocycles. The molecule has 0 aliphatic heterocycles. The summed E-state index contributed by atoms with van der Waals surface area (Å²) in [6.45, 7) is 7.75. The number of amides is 2. The van der Waals surface area contributed by atoms with Crippen molar-refractivity contribution in [1.29, 1.82) is 0 Å². The van der Waals surface area contributed by atoms with Crippen LogP contribution in [0.1, 0.15) is 46.1 Å². The largest absolute Gasteiger partial charge is 0.635 e. The maximum absolute atomic E-state index is 14.1. The third-order valence-corrected chi connectivity index (χ3v) is 7.41. The summed E-state index contributed by atoms with van der Waals surface area (Å²) >= 11 is 0. The van der Waals surface area contributed by atoms with Crippen molar-refractivity contribution in [2.45, 2.75) is 65.3 Å². The third kappa shape index (κ3) is 11.5. The number of hydrogen-bond donors (Lipinski definition) is 5. The van der Waals surface area contributed by atoms with Gasteiger partial charge in [-0.1, -0.05) is 70.2 Å². The molecule has 0 unspecified atom stereocenters. The fourth-order valence-corrected chi connectivity index (χ4v) is 5.28. The molecule has 0 bridgehead atoms. The Kier molecular flexibility index (Phi) is 14.4. The van der Waals surface area contributed by atoms with Crippen LogP contribution >= 0.6 is 0 Å². The van der Waals surface area contributed by atoms with Gasteiger partial charge in [-0.05, 0) is 65.6 Å². The van der Waals surface area contributed by atoms with E-state index in [2.05, 4.69) is 16.0 Å². The van der Waals surface area contributed by atoms with Gasteiger partial charge in [0.05, 0.1) is 21.3 Å². The van der Waals surface area contributed by atoms with E-state index in [4.69, 9.17) is 18.9 Å². The minimum Gasteiger partial charge on any atom is -0.493 e. The molecule has 11 nitrogen and oxygen atoms in total. The molecule has 3 rings (SSSR count). The van der Waals surface area contributed by atoms with Gasteiger partial charge in [-0.15, -0.1) is 0 Å². The van der Waals surface area contributed by atoms with Crippen LogP contribution < -0.4 is 30.2 Å². The summed E-state index contributed by atoms with van der Waals surface area (Å²) < 4.78 is 21.7. The molecule has 0 saturated heterocycles. The quantitative estimate of drug-likeness (QED) is 0.0999. The Bertz CT molecular complexity index is 1400. The predicted octanol–water partition coefficient (Wildman–Crippen LogP) is 4.41. The maximum atomic E-state index is 14.1. The fraction of sp³-hybridized carbons (Fsp3) is 0.429. The van der Waals surface area contributed by atoms with Crippen LogP contribution in [0.15, 0.2) is 66.7 Å². The van der Waals surface area contributed by atoms with Crippen molar-refractivity contribution in [3.8, 4) is 28.4 Å². The van der Waals surface area contributed by atoms with Gasteiger partial charge >= 0.3 is 7.32 Å². The van der Waals surface area contributed by atoms with E-state index in [1.165, 1.54) is 21.3 Å². The summed E-state index contributed by atoms with van der Waals surface area (Å²) in [5.41, 5.74) is 3.45. The first kappa shape index (κ1) is 37.2. The van der Waals surface area contributed by atoms with Crippen molar-refractivity contribution in [3.05, 3.63) is 72.3 Å². The summed E-state index contributed by atoms with van der Waals surface area (Å²) in [7, 11) is 2.52. The summed E-state index contributed by atoms with van der Waals surface area (Å²) in [4.78, 5) is 27.7. The van der Waals surface area contributed by atoms with Crippen molar-refractivity contribution in [3.63, 3.8) is 0 Å². The molecule has 3 aromatic carbocycles. The van der Waals surface area contributed by atoms with Gasteiger partial charge in [-0.3, -0.25) is 9.59 Å². The second-order valence-electron chi connectivity index (χ2n) is 12.2. The predicted molar refractivity (Wildman–Crippen MR) is 183 cm³/mol. The molecule has 0 radical (unpaired) electrons. The zero-order valence-corrected chi connectivity index (χ0v) is 28.3. The number of nitrogens with one attached hydrogen (secondary N) is 3. The van der Waals surface area contributed by atoms with Crippen molar-refractivity contribution in [2.75, 3.05) is 26.6 Å². The molecule has 0 aliphatic rings. The fourth-order valence-electron chi connectivity index (χ4n) is 5.28. The molecule has 5 N–H and O–H groups in total. The van der Waals surface area contributed by atoms with Crippen LogP contribution in [0.3, 0.4) is 0 Å². The highest BCUT2D eigenvalue weighted by Crippen LogP contribution is 2.38. The van der Waals surface area contributed by atoms with Gasteiger partial charge in [0.1, 0.15) is 18.3 Å². The molecule has 2 amide bonds. The van der Waals surface area contributed by atoms with Crippen molar-refractivity contribution in [2.24, 2.45) is 11.8 Å². The normalized spacial score (nSPS) is 13.0. The third-order valence-electron chi connectivity index (χ3n) is 7.41. The first-order chi connectivity index (χ1) is 22.4. The number of carbonyl (C=O) groups is 2. The Morgan fingerprint density at radius 1 is 0.723 bits per heavy atom. The highest BCUT2D eigenvalue weighted by Gasteiger charge is 2.30. The van der Waals surface area contributed by atoms with E-state index in [0.717, 1.165) is 16.7 Å². The lowest BCUT2D eigenvalue weighted by Crippen LogP contribution is -2.54. The molecule has 3 atom stereocenters. The number of methoxy groups -OCH3 is 3. The van der Waals surface area contributed by atoms with Gasteiger partial charge in [0.25, 0.3) is 0 Å². The van der Waals surface area contributed by atoms with Gasteiger partial charge in [0.2, 0.25) is 17.6 Å². The first-order valence-electron chi connectivity index (χ1n) is 15.8. The Labute approximate surface area is 278 Å². The van der Waals surface area contributed by atoms with Gasteiger partial charge < -0.3 is 44.9 Å². The average molecular weight is 650 g/mol. The summed E-state index contributed by atoms with van der Waals surface area (Å²) in [6, 6.07) is 19.5. The van der Waals surface area contributed by atoms with Crippen molar-refractivity contribution in [1.82, 2.24) is 10.6 Å². The molecule has 0 fully saturated rings. The number of anilines is 1. The minimum absolute atomic E-state index is 0.0584. The van der Waals surface area contributed by atoms with Gasteiger partial charge in [0, 0.05) is 12.1 Å². The van der Waals surface area contributed by atoms with E-state index in [-0.39, 0.29) is 18.3 Å². The molecular weight excluding hydrogens is 601 g/mol. The molecule has 0 spiro atoms. The monoisotopic (exact) mass is 649 g/mol. The summed E-state index contributed by atoms with van der Waals surface area (Å²) in [5, 5.41) is 27.9. The number of hydrogen-bond acceptors (Lipinski definition) is 9. The molecule has 0 heterocycles. The Morgan fingerprint density at radius 3 is 1.87 bits per heavy atom. The molecular formula is C35H48BN3O8. The van der Waals surface area contributed by atoms with Crippen LogP contribution in [0.4, 0.5) is 5.69 Å². The van der Waals surface area contributed by atoms with Crippen LogP contribution in [0.25, 0.3) is 11.1 Å². The smallest absolute Gasteiger partial charge is 0.493 e. The Balaban J connectivity index is 1.96. The minimum atomic E-state index is -2.06. The SMILES string of the molecule is COc1cc(C[C@H](Nc2cccc(-c3ccccc3)c2)C(=O)N[C@@H](CC(C)C)C(=O)N[C@@H](CC(C)C)OB(O)O)cc(OC)c1OC. The zero-order chi connectivity index (χ0) is 34.5. The molecule has 0 saturated carbocycles. The van der Waals surface area contributed by atoms with Crippen LogP contribution in [0.5, 0.6) is 17.2 Å². The number of ether oxygens (including phenoxy) is 3. The lowest BCUT2D eigenvalue weighted by Gasteiger charge is -2.28. The summed E-state index contributed by atoms with van der Waals surface area (Å²) in [5.74, 6) is 0.587. The van der Waals surface area contributed by atoms with Crippen molar-refractivity contribution >= 4 is 24.8 Å².